The standard InChI is InChI=1S/C15H24N6O/c1-8(2)18-15(22)17-6-7-21-11(5)20-12-13(21)9(3)10(4)19-14(12)16/h8H,6-7H2,1-5H3,(H2,16,19)(H2,17,18,22). The smallest absolute Gasteiger partial charge is 0.315 e. The number of hydrogen-bond donors (Lipinski definition) is 3. The summed E-state index contributed by atoms with van der Waals surface area (Å²) < 4.78 is 2.07. The van der Waals surface area contributed by atoms with Crippen molar-refractivity contribution in [2.45, 2.75) is 47.2 Å². The highest BCUT2D eigenvalue weighted by Crippen LogP contribution is 2.25. The number of nitrogens with one attached hydrogen (secondary N) is 2. The van der Waals surface area contributed by atoms with Crippen LogP contribution in [-0.4, -0.2) is 33.2 Å². The van der Waals surface area contributed by atoms with E-state index in [4.69, 9.17) is 5.73 Å². The number of nitrogens with zero attached hydrogens (tertiary/aromatic N) is 3. The number of hydrogen-bond acceptors (Lipinski definition) is 4. The number of pyridine rings is 1. The monoisotopic (exact) mass is 304 g/mol. The average molecular weight is 304 g/mol. The minimum absolute atomic E-state index is 0.117. The first-order valence-electron chi connectivity index (χ1n) is 7.45. The molecule has 0 fully saturated rings. The fraction of sp³-hybridized carbons (Fsp3) is 0.533. The van der Waals surface area contributed by atoms with Gasteiger partial charge >= 0.3 is 6.03 Å². The zero-order valence-corrected chi connectivity index (χ0v) is 13.8. The molecule has 0 atom stereocenters. The minimum Gasteiger partial charge on any atom is -0.382 e. The predicted molar refractivity (Wildman–Crippen MR) is 87.8 cm³/mol. The Hall–Kier alpha value is -2.31. The van der Waals surface area contributed by atoms with Crippen LogP contribution in [0.1, 0.15) is 30.9 Å². The Morgan fingerprint density at radius 3 is 2.59 bits per heavy atom. The molecule has 0 aliphatic carbocycles. The van der Waals surface area contributed by atoms with Crippen molar-refractivity contribution in [2.24, 2.45) is 0 Å². The van der Waals surface area contributed by atoms with Crippen LogP contribution in [0.15, 0.2) is 0 Å². The molecule has 2 heterocycles. The number of urea groups is 1. The summed E-state index contributed by atoms with van der Waals surface area (Å²) >= 11 is 0. The number of amides is 2. The molecule has 4 N–H and O–H groups in total. The van der Waals surface area contributed by atoms with E-state index in [0.717, 1.165) is 28.1 Å². The zero-order chi connectivity index (χ0) is 16.4. The highest BCUT2D eigenvalue weighted by molar-refractivity contribution is 5.88. The Bertz CT molecular complexity index is 704. The third-order valence-electron chi connectivity index (χ3n) is 3.63. The van der Waals surface area contributed by atoms with Crippen LogP contribution in [0.4, 0.5) is 10.6 Å². The lowest BCUT2D eigenvalue weighted by atomic mass is 10.2. The Kier molecular flexibility index (Phi) is 4.54. The number of carbonyl (C=O) groups is 1. The second-order valence-electron chi connectivity index (χ2n) is 5.77. The fourth-order valence-electron chi connectivity index (χ4n) is 2.48. The van der Waals surface area contributed by atoms with Gasteiger partial charge < -0.3 is 20.9 Å². The maximum atomic E-state index is 11.6. The molecule has 22 heavy (non-hydrogen) atoms. The van der Waals surface area contributed by atoms with Crippen LogP contribution >= 0.6 is 0 Å². The van der Waals surface area contributed by atoms with E-state index in [-0.39, 0.29) is 12.1 Å². The van der Waals surface area contributed by atoms with Crippen molar-refractivity contribution < 1.29 is 4.79 Å². The van der Waals surface area contributed by atoms with Gasteiger partial charge in [0.25, 0.3) is 0 Å². The van der Waals surface area contributed by atoms with Crippen LogP contribution in [0.2, 0.25) is 0 Å². The van der Waals surface area contributed by atoms with Crippen molar-refractivity contribution in [1.82, 2.24) is 25.2 Å². The summed E-state index contributed by atoms with van der Waals surface area (Å²) in [6.45, 7) is 10.9. The minimum atomic E-state index is -0.161. The third-order valence-corrected chi connectivity index (χ3v) is 3.63. The number of nitrogens with two attached hydrogens (primary N) is 1. The summed E-state index contributed by atoms with van der Waals surface area (Å²) in [6.07, 6.45) is 0. The SMILES string of the molecule is Cc1nc(N)c2nc(C)n(CCNC(=O)NC(C)C)c2c1C. The molecule has 7 heteroatoms. The first kappa shape index (κ1) is 16.1. The first-order valence-corrected chi connectivity index (χ1v) is 7.45. The fourth-order valence-corrected chi connectivity index (χ4v) is 2.48. The van der Waals surface area contributed by atoms with Crippen LogP contribution in [0.3, 0.4) is 0 Å². The van der Waals surface area contributed by atoms with E-state index in [1.165, 1.54) is 0 Å². The average Bonchev–Trinajstić information content (AvgIpc) is 2.73. The van der Waals surface area contributed by atoms with Gasteiger partial charge in [-0.25, -0.2) is 14.8 Å². The summed E-state index contributed by atoms with van der Waals surface area (Å²) in [5.74, 6) is 1.31. The molecule has 0 saturated carbocycles. The molecule has 0 aliphatic rings. The molecule has 0 aliphatic heterocycles. The van der Waals surface area contributed by atoms with Crippen molar-refractivity contribution in [3.05, 3.63) is 17.1 Å². The number of rotatable bonds is 4. The van der Waals surface area contributed by atoms with E-state index in [1.807, 2.05) is 34.6 Å². The van der Waals surface area contributed by atoms with Gasteiger partial charge in [-0.1, -0.05) is 0 Å². The molecule has 2 amide bonds. The molecular weight excluding hydrogens is 280 g/mol. The third kappa shape index (κ3) is 3.13. The van der Waals surface area contributed by atoms with Crippen LogP contribution in [0.25, 0.3) is 11.0 Å². The van der Waals surface area contributed by atoms with E-state index >= 15 is 0 Å². The molecule has 0 radical (unpaired) electrons. The van der Waals surface area contributed by atoms with Gasteiger partial charge in [0.1, 0.15) is 11.3 Å². The van der Waals surface area contributed by atoms with Crippen molar-refractivity contribution in [1.29, 1.82) is 0 Å². The molecule has 0 bridgehead atoms. The van der Waals surface area contributed by atoms with E-state index in [1.54, 1.807) is 0 Å². The summed E-state index contributed by atoms with van der Waals surface area (Å²) in [4.78, 5) is 20.5. The molecule has 2 aromatic rings. The van der Waals surface area contributed by atoms with Crippen LogP contribution < -0.4 is 16.4 Å². The molecule has 2 rings (SSSR count). The molecule has 2 aromatic heterocycles. The number of imidazole rings is 1. The highest BCUT2D eigenvalue weighted by Gasteiger charge is 2.15. The summed E-state index contributed by atoms with van der Waals surface area (Å²) in [6, 6.07) is -0.0438. The number of anilines is 1. The Labute approximate surface area is 130 Å². The maximum absolute atomic E-state index is 11.6. The van der Waals surface area contributed by atoms with E-state index < -0.39 is 0 Å². The van der Waals surface area contributed by atoms with Gasteiger partial charge in [-0.2, -0.15) is 0 Å². The van der Waals surface area contributed by atoms with Crippen LogP contribution in [0.5, 0.6) is 0 Å². The van der Waals surface area contributed by atoms with Crippen molar-refractivity contribution in [3.8, 4) is 0 Å². The van der Waals surface area contributed by atoms with Gasteiger partial charge in [-0.05, 0) is 40.2 Å². The van der Waals surface area contributed by atoms with Gasteiger partial charge in [0.05, 0.1) is 5.52 Å². The normalized spacial score (nSPS) is 11.2. The Balaban J connectivity index is 2.21. The highest BCUT2D eigenvalue weighted by atomic mass is 16.2. The summed E-state index contributed by atoms with van der Waals surface area (Å²) in [7, 11) is 0. The first-order chi connectivity index (χ1) is 10.3. The predicted octanol–water partition coefficient (Wildman–Crippen LogP) is 1.65. The lowest BCUT2D eigenvalue weighted by molar-refractivity contribution is 0.238. The summed E-state index contributed by atoms with van der Waals surface area (Å²) in [5, 5.41) is 5.65. The molecule has 0 aromatic carbocycles. The molecule has 0 saturated heterocycles. The van der Waals surface area contributed by atoms with Gasteiger partial charge in [-0.15, -0.1) is 0 Å². The quantitative estimate of drug-likeness (QED) is 0.800. The van der Waals surface area contributed by atoms with E-state index in [2.05, 4.69) is 25.2 Å². The molecule has 0 spiro atoms. The lowest BCUT2D eigenvalue weighted by Gasteiger charge is -2.13. The van der Waals surface area contributed by atoms with E-state index in [0.29, 0.717) is 18.9 Å². The number of carbonyl (C=O) groups excluding carboxylic acids is 1. The van der Waals surface area contributed by atoms with Crippen LogP contribution in [0, 0.1) is 20.8 Å². The van der Waals surface area contributed by atoms with Crippen LogP contribution in [-0.2, 0) is 6.54 Å². The maximum Gasteiger partial charge on any atom is 0.315 e. The van der Waals surface area contributed by atoms with Crippen molar-refractivity contribution in [2.75, 3.05) is 12.3 Å². The molecule has 0 unspecified atom stereocenters. The van der Waals surface area contributed by atoms with Gasteiger partial charge in [0.2, 0.25) is 0 Å². The van der Waals surface area contributed by atoms with Gasteiger partial charge in [-0.3, -0.25) is 0 Å². The second kappa shape index (κ2) is 6.21. The number of fused-ring (bicyclic) bond motifs is 1. The number of aryl methyl sites for hydroxylation is 3. The van der Waals surface area contributed by atoms with Crippen molar-refractivity contribution in [3.63, 3.8) is 0 Å². The second-order valence-corrected chi connectivity index (χ2v) is 5.77. The van der Waals surface area contributed by atoms with Gasteiger partial charge in [0, 0.05) is 24.8 Å². The molecule has 7 nitrogen and oxygen atoms in total. The molecule has 120 valence electrons. The zero-order valence-electron chi connectivity index (χ0n) is 13.8. The topological polar surface area (TPSA) is 97.9 Å². The van der Waals surface area contributed by atoms with Crippen molar-refractivity contribution >= 4 is 22.9 Å². The largest absolute Gasteiger partial charge is 0.382 e. The number of nitrogen functional groups attached to an aromatic ring is 1. The Morgan fingerprint density at radius 1 is 1.27 bits per heavy atom. The van der Waals surface area contributed by atoms with E-state index in [9.17, 15) is 4.79 Å². The van der Waals surface area contributed by atoms with Gasteiger partial charge in [0.15, 0.2) is 5.82 Å². The number of aromatic nitrogens is 3. The lowest BCUT2D eigenvalue weighted by Crippen LogP contribution is -2.40. The summed E-state index contributed by atoms with van der Waals surface area (Å²) in [5.41, 5.74) is 9.66. The Morgan fingerprint density at radius 2 is 1.95 bits per heavy atom. The molecular formula is C15H24N6O.